The summed E-state index contributed by atoms with van der Waals surface area (Å²) in [5.41, 5.74) is 1.18. The number of aromatic nitrogens is 4. The van der Waals surface area contributed by atoms with Crippen LogP contribution in [0.4, 0.5) is 11.6 Å². The fourth-order valence-electron chi connectivity index (χ4n) is 5.17. The molecule has 57 heavy (non-hydrogen) atoms. The van der Waals surface area contributed by atoms with Crippen molar-refractivity contribution in [1.82, 2.24) is 19.9 Å². The predicted octanol–water partition coefficient (Wildman–Crippen LogP) is 10.7. The van der Waals surface area contributed by atoms with Gasteiger partial charge in [0.25, 0.3) is 0 Å². The van der Waals surface area contributed by atoms with Crippen LogP contribution in [-0.2, 0) is 45.2 Å². The molecule has 4 aliphatic rings. The van der Waals surface area contributed by atoms with Crippen LogP contribution in [0, 0.1) is 13.8 Å². The molecule has 0 aromatic carbocycles. The molecular weight excluding hydrogens is 1510 g/mol. The molecule has 0 aliphatic carbocycles. The molecule has 0 spiro atoms. The van der Waals surface area contributed by atoms with Gasteiger partial charge in [0.1, 0.15) is 18.9 Å². The van der Waals surface area contributed by atoms with Crippen LogP contribution in [0.25, 0.3) is 0 Å². The van der Waals surface area contributed by atoms with Gasteiger partial charge in [0.2, 0.25) is 10.6 Å². The van der Waals surface area contributed by atoms with Crippen LogP contribution in [0.15, 0.2) is 0 Å². The van der Waals surface area contributed by atoms with E-state index in [9.17, 15) is 8.42 Å². The maximum absolute atomic E-state index is 12.2. The van der Waals surface area contributed by atoms with Crippen LogP contribution < -0.4 is 19.3 Å². The zero-order valence-corrected chi connectivity index (χ0v) is 49.8. The molecule has 6 rings (SSSR count). The Hall–Kier alpha value is 3.56. The van der Waals surface area contributed by atoms with Crippen molar-refractivity contribution < 1.29 is 41.8 Å². The minimum absolute atomic E-state index is 0.00702. The first-order valence-electron chi connectivity index (χ1n) is 17.5. The van der Waals surface area contributed by atoms with Gasteiger partial charge in [-0.15, -0.1) is 23.2 Å². The third-order valence-electron chi connectivity index (χ3n) is 7.23. The third-order valence-corrected chi connectivity index (χ3v) is 10.8. The van der Waals surface area contributed by atoms with E-state index in [1.54, 1.807) is 11.8 Å². The van der Waals surface area contributed by atoms with E-state index in [1.807, 2.05) is 18.7 Å². The molecule has 2 unspecified atom stereocenters. The SMILES string of the molecule is ClCCCSCc1nc(Cl)nc2c1OCC1COCCN21.O=S(=O)(CCCCl)Cc1nc(Cl)nc2c1OCC1COCCN21.[CH2-]CC.[CH2-]CC.[I][V]([I])[I].[I][V][I]. The van der Waals surface area contributed by atoms with Crippen molar-refractivity contribution in [3.05, 3.63) is 35.8 Å². The second-order valence-corrected chi connectivity index (χ2v) is 63.5. The number of nitrogens with zero attached hydrogens (tertiary/aromatic N) is 6. The van der Waals surface area contributed by atoms with Gasteiger partial charge < -0.3 is 42.6 Å². The first kappa shape index (κ1) is 58.6. The Morgan fingerprint density at radius 2 is 1.23 bits per heavy atom. The number of sulfone groups is 1. The van der Waals surface area contributed by atoms with E-state index in [0.717, 1.165) is 54.6 Å². The number of hydrogen-bond acceptors (Lipinski definition) is 13. The molecule has 0 amide bonds. The minimum atomic E-state index is -3.33. The van der Waals surface area contributed by atoms with Crippen molar-refractivity contribution in [2.75, 3.05) is 85.8 Å². The summed E-state index contributed by atoms with van der Waals surface area (Å²) in [6, 6.07) is 0.275. The Bertz CT molecular complexity index is 1530. The molecule has 4 aliphatic heterocycles. The molecule has 0 N–H and O–H groups in total. The summed E-state index contributed by atoms with van der Waals surface area (Å²) in [5.74, 6) is 5.05. The molecule has 6 heterocycles. The van der Waals surface area contributed by atoms with Crippen LogP contribution in [-0.4, -0.2) is 116 Å². The summed E-state index contributed by atoms with van der Waals surface area (Å²) < 4.78 is 46.9. The van der Waals surface area contributed by atoms with E-state index in [4.69, 9.17) is 65.4 Å². The van der Waals surface area contributed by atoms with E-state index in [0.29, 0.717) is 91.1 Å². The number of ether oxygens (including phenoxy) is 4. The Labute approximate surface area is 430 Å². The quantitative estimate of drug-likeness (QED) is 0.0737. The zero-order chi connectivity index (χ0) is 42.8. The van der Waals surface area contributed by atoms with Crippen LogP contribution in [0.3, 0.4) is 0 Å². The normalized spacial score (nSPS) is 17.4. The second-order valence-electron chi connectivity index (χ2n) is 11.6. The van der Waals surface area contributed by atoms with Crippen LogP contribution in [0.2, 0.25) is 10.6 Å². The van der Waals surface area contributed by atoms with Crippen molar-refractivity contribution in [2.24, 2.45) is 0 Å². The molecule has 0 saturated carbocycles. The first-order chi connectivity index (χ1) is 27.3. The molecule has 12 nitrogen and oxygen atoms in total. The van der Waals surface area contributed by atoms with E-state index in [2.05, 4.69) is 139 Å². The van der Waals surface area contributed by atoms with Gasteiger partial charge >= 0.3 is 114 Å². The fraction of sp³-hybridized carbons (Fsp3) is 0.688. The molecule has 25 heteroatoms. The van der Waals surface area contributed by atoms with Crippen LogP contribution in [0.5, 0.6) is 11.5 Å². The number of rotatable bonds is 10. The van der Waals surface area contributed by atoms with E-state index >= 15 is 0 Å². The Kier molecular flexibility index (Phi) is 35.8. The standard InChI is InChI=1S/C13H17Cl2N3O4S.C13H17Cl2N3O2S.2C3H7.5HI.2V/c14-2-1-5-23(19,20)8-10-11-12(17-13(15)16-10)18-3-4-21-6-9(18)7-22-11;14-2-1-5-21-8-10-11-12(17-13(15)16-10)18-3-4-19-6-9(18)7-20-11;2*1-3-2;;;;;;;/h9H,1-8H2;9H,1-8H2;2*1,3H2,2H3;5*1H;;/q;;2*-1;;;;;;+2;+3/p-5. The number of hydrogen-bond donors (Lipinski definition) is 0. The number of thioether (sulfide) groups is 1. The van der Waals surface area contributed by atoms with E-state index < -0.39 is 9.84 Å². The van der Waals surface area contributed by atoms with Gasteiger partial charge in [0.05, 0.1) is 55.7 Å². The van der Waals surface area contributed by atoms with Gasteiger partial charge in [0.15, 0.2) is 33.0 Å². The summed E-state index contributed by atoms with van der Waals surface area (Å²) in [6.07, 6.45) is 3.39. The number of morpholine rings is 2. The van der Waals surface area contributed by atoms with Gasteiger partial charge in [-0.05, 0) is 41.8 Å². The summed E-state index contributed by atoms with van der Waals surface area (Å²) >= 11 is 37.3. The monoisotopic (exact) mass is 1550 g/mol. The fourth-order valence-corrected chi connectivity index (χ4v) is 8.34. The molecule has 2 aromatic heterocycles. The molecule has 0 radical (unpaired) electrons. The van der Waals surface area contributed by atoms with Crippen molar-refractivity contribution in [2.45, 2.75) is 63.1 Å². The van der Waals surface area contributed by atoms with Crippen molar-refractivity contribution in [3.63, 3.8) is 0 Å². The maximum atomic E-state index is 12.2. The summed E-state index contributed by atoms with van der Waals surface area (Å²) in [5, 5.41) is 0.291. The number of alkyl halides is 2. The molecular formula is C32H48Cl4I5N6O6S2V2-2. The molecule has 2 fully saturated rings. The van der Waals surface area contributed by atoms with Gasteiger partial charge in [0, 0.05) is 30.6 Å². The van der Waals surface area contributed by atoms with Crippen LogP contribution >= 0.6 is 158 Å². The van der Waals surface area contributed by atoms with Gasteiger partial charge in [-0.25, -0.2) is 18.4 Å². The summed E-state index contributed by atoms with van der Waals surface area (Å²) in [4.78, 5) is 21.0. The van der Waals surface area contributed by atoms with Gasteiger partial charge in [-0.3, -0.25) is 0 Å². The van der Waals surface area contributed by atoms with E-state index in [1.165, 1.54) is 0 Å². The number of anilines is 2. The molecule has 2 atom stereocenters. The zero-order valence-electron chi connectivity index (χ0n) is 31.5. The Balaban J connectivity index is 0.000000439. The predicted molar refractivity (Wildman–Crippen MR) is 275 cm³/mol. The number of fused-ring (bicyclic) bond motifs is 6. The molecule has 329 valence electrons. The van der Waals surface area contributed by atoms with Gasteiger partial charge in [-0.2, -0.15) is 34.6 Å². The average Bonchev–Trinajstić information content (AvgIpc) is 3.16. The molecule has 2 aromatic rings. The molecule has 0 bridgehead atoms. The van der Waals surface area contributed by atoms with Crippen LogP contribution in [0.1, 0.15) is 50.9 Å². The van der Waals surface area contributed by atoms with Crippen molar-refractivity contribution in [3.8, 4) is 11.5 Å². The molecule has 2 saturated heterocycles. The number of halogens is 9. The second kappa shape index (κ2) is 34.8. The van der Waals surface area contributed by atoms with Gasteiger partial charge in [-0.1, -0.05) is 13.8 Å². The first-order valence-corrected chi connectivity index (χ1v) is 44.9. The van der Waals surface area contributed by atoms with E-state index in [-0.39, 0.29) is 39.1 Å². The summed E-state index contributed by atoms with van der Waals surface area (Å²) in [6.45, 7) is 16.0. The third kappa shape index (κ3) is 23.5. The Morgan fingerprint density at radius 1 is 0.807 bits per heavy atom. The topological polar surface area (TPSA) is 129 Å². The van der Waals surface area contributed by atoms with Crippen molar-refractivity contribution >= 4 is 180 Å². The Morgan fingerprint density at radius 3 is 1.67 bits per heavy atom. The van der Waals surface area contributed by atoms with Crippen molar-refractivity contribution in [1.29, 1.82) is 0 Å². The average molecular weight is 1560 g/mol. The summed E-state index contributed by atoms with van der Waals surface area (Å²) in [7, 11) is -2.71.